The number of nitrogens with zero attached hydrogens (tertiary/aromatic N) is 4. The summed E-state index contributed by atoms with van der Waals surface area (Å²) < 4.78 is 73.2. The van der Waals surface area contributed by atoms with Crippen molar-refractivity contribution in [2.45, 2.75) is 31.8 Å². The number of hydrogen-bond acceptors (Lipinski definition) is 7. The third-order valence-electron chi connectivity index (χ3n) is 5.36. The lowest BCUT2D eigenvalue weighted by Crippen LogP contribution is -2.47. The number of aromatic nitrogens is 4. The Morgan fingerprint density at radius 2 is 1.59 bits per heavy atom. The van der Waals surface area contributed by atoms with Gasteiger partial charge in [0.25, 0.3) is 0 Å². The minimum Gasteiger partial charge on any atom is -0.744 e. The average molecular weight is 535 g/mol. The average Bonchev–Trinajstić information content (AvgIpc) is 3.20. The number of anilines is 1. The molecule has 0 radical (unpaired) electrons. The van der Waals surface area contributed by atoms with Crippen molar-refractivity contribution in [2.24, 2.45) is 7.05 Å². The quantitative estimate of drug-likeness (QED) is 0.233. The van der Waals surface area contributed by atoms with Crippen molar-refractivity contribution in [3.8, 4) is 22.5 Å². The minimum absolute atomic E-state index is 0.0851. The second-order valence-electron chi connectivity index (χ2n) is 8.43. The van der Waals surface area contributed by atoms with Gasteiger partial charge in [-0.3, -0.25) is 16.3 Å². The third kappa shape index (κ3) is 6.43. The summed E-state index contributed by atoms with van der Waals surface area (Å²) in [6, 6.07) is 8.06. The van der Waals surface area contributed by atoms with E-state index in [0.717, 1.165) is 17.7 Å². The maximum atomic E-state index is 12.7. The molecular formula is C24H25F3N6O3S. The van der Waals surface area contributed by atoms with Crippen LogP contribution in [0.15, 0.2) is 59.9 Å². The van der Waals surface area contributed by atoms with Crippen molar-refractivity contribution in [2.75, 3.05) is 11.6 Å². The van der Waals surface area contributed by atoms with Crippen LogP contribution in [0.1, 0.15) is 22.3 Å². The summed E-state index contributed by atoms with van der Waals surface area (Å²) in [4.78, 5) is 4.33. The van der Waals surface area contributed by atoms with Crippen LogP contribution in [0.5, 0.6) is 0 Å². The van der Waals surface area contributed by atoms with Crippen LogP contribution in [-0.2, 0) is 23.3 Å². The molecule has 4 rings (SSSR count). The molecule has 2 aromatic heterocycles. The summed E-state index contributed by atoms with van der Waals surface area (Å²) in [6.45, 7) is 5.12. The molecular weight excluding hydrogens is 509 g/mol. The minimum atomic E-state index is -4.39. The first-order valence-electron chi connectivity index (χ1n) is 10.8. The monoisotopic (exact) mass is 534 g/mol. The molecule has 4 N–H and O–H groups in total. The number of aryl methyl sites for hydroxylation is 4. The van der Waals surface area contributed by atoms with E-state index in [0.29, 0.717) is 33.6 Å². The summed E-state index contributed by atoms with van der Waals surface area (Å²) in [5.74, 6) is 6.07. The normalized spacial score (nSPS) is 11.7. The fraction of sp³-hybridized carbons (Fsp3) is 0.208. The molecule has 37 heavy (non-hydrogen) atoms. The Labute approximate surface area is 211 Å². The number of rotatable bonds is 3. The van der Waals surface area contributed by atoms with Crippen molar-refractivity contribution in [3.63, 3.8) is 0 Å². The highest BCUT2D eigenvalue weighted by Crippen LogP contribution is 2.31. The topological polar surface area (TPSA) is 144 Å². The predicted molar refractivity (Wildman–Crippen MR) is 130 cm³/mol. The van der Waals surface area contributed by atoms with Gasteiger partial charge < -0.3 is 4.55 Å². The fourth-order valence-corrected chi connectivity index (χ4v) is 4.72. The molecule has 9 nitrogen and oxygen atoms in total. The number of nitrogen functional groups attached to an aromatic ring is 2. The van der Waals surface area contributed by atoms with E-state index in [9.17, 15) is 26.1 Å². The van der Waals surface area contributed by atoms with Crippen LogP contribution in [-0.4, -0.2) is 27.7 Å². The maximum absolute atomic E-state index is 12.7. The van der Waals surface area contributed by atoms with Crippen LogP contribution < -0.4 is 16.3 Å². The lowest BCUT2D eigenvalue weighted by Gasteiger charge is -2.14. The summed E-state index contributed by atoms with van der Waals surface area (Å²) in [6.07, 6.45) is 0.365. The number of nitrogens with two attached hydrogens (primary N) is 2. The van der Waals surface area contributed by atoms with E-state index in [1.54, 1.807) is 50.1 Å². The highest BCUT2D eigenvalue weighted by atomic mass is 32.2. The molecule has 0 fully saturated rings. The highest BCUT2D eigenvalue weighted by Gasteiger charge is 2.30. The predicted octanol–water partition coefficient (Wildman–Crippen LogP) is 3.27. The molecule has 0 spiro atoms. The second kappa shape index (κ2) is 10.2. The van der Waals surface area contributed by atoms with Gasteiger partial charge in [0.2, 0.25) is 0 Å². The molecule has 0 amide bonds. The molecule has 0 saturated carbocycles. The Kier molecular flexibility index (Phi) is 7.60. The first-order chi connectivity index (χ1) is 17.1. The fourth-order valence-electron chi connectivity index (χ4n) is 3.82. The van der Waals surface area contributed by atoms with E-state index in [1.807, 2.05) is 6.92 Å². The van der Waals surface area contributed by atoms with Crippen LogP contribution in [0.3, 0.4) is 0 Å². The molecule has 2 aromatic carbocycles. The van der Waals surface area contributed by atoms with Crippen molar-refractivity contribution < 1.29 is 30.8 Å². The van der Waals surface area contributed by atoms with Gasteiger partial charge in [-0.15, -0.1) is 4.68 Å². The standard InChI is InChI=1S/C15H13F3N6.C9H12O3S/c1-23-7-10(6-21-23)13-14(19)24(20)8-12(22-13)9-2-4-11(5-3-9)15(16,17)18;1-6-4-7(2)9(8(3)5-6)13(10,11)12/h2-8,19H,20H2,1H3;4-5H,1-3H3,(H,10,11,12). The van der Waals surface area contributed by atoms with E-state index in [-0.39, 0.29) is 10.7 Å². The van der Waals surface area contributed by atoms with Gasteiger partial charge in [0.1, 0.15) is 22.0 Å². The Morgan fingerprint density at radius 3 is 2.05 bits per heavy atom. The van der Waals surface area contributed by atoms with Crippen molar-refractivity contribution in [3.05, 3.63) is 77.2 Å². The summed E-state index contributed by atoms with van der Waals surface area (Å²) in [5, 5.41) is 4.05. The summed E-state index contributed by atoms with van der Waals surface area (Å²) in [7, 11) is -2.58. The summed E-state index contributed by atoms with van der Waals surface area (Å²) in [5.41, 5.74) is 9.17. The molecule has 13 heteroatoms. The SMILES string of the molecule is Cc1cc(C)c(S(=O)(=O)[O-])c(C)c1.Cn1cc(-c2nc(-c3ccc(C(F)(F)F)cc3)c[n+](N)c2N)cn1. The number of halogens is 3. The van der Waals surface area contributed by atoms with Gasteiger partial charge in [-0.1, -0.05) is 29.8 Å². The van der Waals surface area contributed by atoms with Crippen LogP contribution in [0.2, 0.25) is 0 Å². The maximum Gasteiger partial charge on any atom is 0.416 e. The van der Waals surface area contributed by atoms with Crippen LogP contribution in [0.4, 0.5) is 19.0 Å². The molecule has 0 atom stereocenters. The molecule has 0 unspecified atom stereocenters. The highest BCUT2D eigenvalue weighted by molar-refractivity contribution is 7.85. The molecule has 0 aliphatic rings. The van der Waals surface area contributed by atoms with Crippen LogP contribution in [0, 0.1) is 20.8 Å². The number of benzene rings is 2. The molecule has 0 bridgehead atoms. The Bertz CT molecular complexity index is 1530. The first kappa shape index (κ1) is 27.6. The van der Waals surface area contributed by atoms with Gasteiger partial charge in [0, 0.05) is 24.4 Å². The number of hydrogen-bond donors (Lipinski definition) is 2. The van der Waals surface area contributed by atoms with E-state index < -0.39 is 21.9 Å². The third-order valence-corrected chi connectivity index (χ3v) is 6.50. The Hall–Kier alpha value is -3.97. The molecule has 0 aliphatic carbocycles. The lowest BCUT2D eigenvalue weighted by molar-refractivity contribution is -0.623. The molecule has 4 aromatic rings. The second-order valence-corrected chi connectivity index (χ2v) is 9.74. The smallest absolute Gasteiger partial charge is 0.416 e. The molecule has 0 saturated heterocycles. The van der Waals surface area contributed by atoms with E-state index >= 15 is 0 Å². The van der Waals surface area contributed by atoms with Gasteiger partial charge in [-0.05, 0) is 44.0 Å². The van der Waals surface area contributed by atoms with Crippen molar-refractivity contribution >= 4 is 15.9 Å². The van der Waals surface area contributed by atoms with Gasteiger partial charge >= 0.3 is 12.0 Å². The Morgan fingerprint density at radius 1 is 1.03 bits per heavy atom. The lowest BCUT2D eigenvalue weighted by atomic mass is 10.1. The van der Waals surface area contributed by atoms with Crippen LogP contribution >= 0.6 is 0 Å². The van der Waals surface area contributed by atoms with E-state index in [2.05, 4.69) is 10.1 Å². The zero-order valence-electron chi connectivity index (χ0n) is 20.4. The first-order valence-corrected chi connectivity index (χ1v) is 12.2. The zero-order chi connectivity index (χ0) is 27.7. The number of alkyl halides is 3. The van der Waals surface area contributed by atoms with Gasteiger partial charge in [0.15, 0.2) is 5.69 Å². The summed E-state index contributed by atoms with van der Waals surface area (Å²) >= 11 is 0. The Balaban J connectivity index is 0.000000248. The van der Waals surface area contributed by atoms with Gasteiger partial charge in [0.05, 0.1) is 16.7 Å². The largest absolute Gasteiger partial charge is 0.744 e. The zero-order valence-corrected chi connectivity index (χ0v) is 21.2. The molecule has 2 heterocycles. The van der Waals surface area contributed by atoms with Gasteiger partial charge in [-0.2, -0.15) is 18.3 Å². The van der Waals surface area contributed by atoms with Gasteiger partial charge in [-0.25, -0.2) is 13.4 Å². The van der Waals surface area contributed by atoms with Crippen LogP contribution in [0.25, 0.3) is 22.5 Å². The van der Waals surface area contributed by atoms with Crippen molar-refractivity contribution in [1.82, 2.24) is 14.8 Å². The molecule has 0 aliphatic heterocycles. The van der Waals surface area contributed by atoms with E-state index in [4.69, 9.17) is 11.6 Å². The van der Waals surface area contributed by atoms with Crippen molar-refractivity contribution in [1.29, 1.82) is 0 Å². The molecule has 196 valence electrons. The van der Waals surface area contributed by atoms with E-state index in [1.165, 1.54) is 23.0 Å².